The molecule has 2 heterocycles. The molecule has 1 aliphatic rings. The number of nitrogens with zero attached hydrogens (tertiary/aromatic N) is 2. The summed E-state index contributed by atoms with van der Waals surface area (Å²) in [6.45, 7) is 1.60. The van der Waals surface area contributed by atoms with Gasteiger partial charge >= 0.3 is 0 Å². The van der Waals surface area contributed by atoms with Crippen LogP contribution >= 0.6 is 24.0 Å². The Labute approximate surface area is 122 Å². The van der Waals surface area contributed by atoms with Gasteiger partial charge in [0.05, 0.1) is 11.2 Å². The molecule has 0 unspecified atom stereocenters. The predicted molar refractivity (Wildman–Crippen MR) is 81.8 cm³/mol. The molecule has 19 heavy (non-hydrogen) atoms. The average Bonchev–Trinajstić information content (AvgIpc) is 2.93. The summed E-state index contributed by atoms with van der Waals surface area (Å²) in [6.07, 6.45) is 4.24. The Morgan fingerprint density at radius 1 is 1.53 bits per heavy atom. The van der Waals surface area contributed by atoms with E-state index in [2.05, 4.69) is 4.90 Å². The molecule has 0 aromatic carbocycles. The van der Waals surface area contributed by atoms with Gasteiger partial charge in [-0.25, -0.2) is 0 Å². The molecule has 0 atom stereocenters. The van der Waals surface area contributed by atoms with E-state index < -0.39 is 0 Å². The summed E-state index contributed by atoms with van der Waals surface area (Å²) in [4.78, 5) is 16.6. The van der Waals surface area contributed by atoms with Crippen LogP contribution < -0.4 is 0 Å². The van der Waals surface area contributed by atoms with Gasteiger partial charge in [0.1, 0.15) is 10.1 Å². The van der Waals surface area contributed by atoms with Gasteiger partial charge in [-0.3, -0.25) is 9.69 Å². The van der Waals surface area contributed by atoms with Crippen LogP contribution in [0.1, 0.15) is 12.2 Å². The van der Waals surface area contributed by atoms with Crippen LogP contribution in [0.4, 0.5) is 0 Å². The molecular weight excluding hydrogens is 280 g/mol. The Morgan fingerprint density at radius 2 is 2.32 bits per heavy atom. The maximum atomic E-state index is 12.2. The Bertz CT molecular complexity index is 495. The summed E-state index contributed by atoms with van der Waals surface area (Å²) in [5.41, 5.74) is 0. The summed E-state index contributed by atoms with van der Waals surface area (Å²) in [7, 11) is 4.03. The van der Waals surface area contributed by atoms with Gasteiger partial charge in [-0.15, -0.1) is 0 Å². The first-order valence-electron chi connectivity index (χ1n) is 6.01. The van der Waals surface area contributed by atoms with Gasteiger partial charge in [0.15, 0.2) is 0 Å². The van der Waals surface area contributed by atoms with Crippen LogP contribution in [-0.2, 0) is 4.79 Å². The SMILES string of the molecule is CN(C)CCCN1C(=O)/C(=C\c2ccco2)SC1=S. The molecule has 0 N–H and O–H groups in total. The topological polar surface area (TPSA) is 36.7 Å². The monoisotopic (exact) mass is 296 g/mol. The number of hydrogen-bond donors (Lipinski definition) is 0. The number of amides is 1. The van der Waals surface area contributed by atoms with Gasteiger partial charge in [0.2, 0.25) is 0 Å². The van der Waals surface area contributed by atoms with E-state index in [0.717, 1.165) is 13.0 Å². The Kier molecular flexibility index (Phi) is 4.79. The summed E-state index contributed by atoms with van der Waals surface area (Å²) in [6, 6.07) is 3.61. The number of carbonyl (C=O) groups is 1. The van der Waals surface area contributed by atoms with Gasteiger partial charge in [-0.2, -0.15) is 0 Å². The zero-order valence-corrected chi connectivity index (χ0v) is 12.6. The summed E-state index contributed by atoms with van der Waals surface area (Å²) in [5.74, 6) is 0.652. The largest absolute Gasteiger partial charge is 0.465 e. The van der Waals surface area contributed by atoms with Crippen molar-refractivity contribution in [2.24, 2.45) is 0 Å². The lowest BCUT2D eigenvalue weighted by molar-refractivity contribution is -0.122. The molecule has 0 spiro atoms. The standard InChI is InChI=1S/C13H16N2O2S2/c1-14(2)6-4-7-15-12(16)11(19-13(15)18)9-10-5-3-8-17-10/h3,5,8-9H,4,6-7H2,1-2H3/b11-9+. The average molecular weight is 296 g/mol. The molecular formula is C13H16N2O2S2. The van der Waals surface area contributed by atoms with Crippen LogP contribution in [0.3, 0.4) is 0 Å². The molecule has 1 aliphatic heterocycles. The quantitative estimate of drug-likeness (QED) is 0.616. The predicted octanol–water partition coefficient (Wildman–Crippen LogP) is 2.43. The normalized spacial score (nSPS) is 18.1. The number of thioether (sulfide) groups is 1. The zero-order valence-electron chi connectivity index (χ0n) is 11.0. The third kappa shape index (κ3) is 3.68. The zero-order chi connectivity index (χ0) is 13.8. The van der Waals surface area contributed by atoms with E-state index in [9.17, 15) is 4.79 Å². The molecule has 0 saturated carbocycles. The van der Waals surface area contributed by atoms with Gasteiger partial charge in [-0.05, 0) is 39.2 Å². The molecule has 4 nitrogen and oxygen atoms in total. The molecule has 0 radical (unpaired) electrons. The minimum absolute atomic E-state index is 0.0230. The van der Waals surface area contributed by atoms with Gasteiger partial charge in [0.25, 0.3) is 5.91 Å². The van der Waals surface area contributed by atoms with Gasteiger partial charge < -0.3 is 9.32 Å². The Balaban J connectivity index is 2.00. The van der Waals surface area contributed by atoms with Crippen LogP contribution in [0.5, 0.6) is 0 Å². The molecule has 1 aromatic heterocycles. The third-order valence-corrected chi connectivity index (χ3v) is 4.05. The molecule has 1 fully saturated rings. The lowest BCUT2D eigenvalue weighted by Crippen LogP contribution is -2.30. The van der Waals surface area contributed by atoms with Crippen molar-refractivity contribution >= 4 is 40.3 Å². The van der Waals surface area contributed by atoms with Crippen LogP contribution in [0.15, 0.2) is 27.7 Å². The second kappa shape index (κ2) is 6.36. The van der Waals surface area contributed by atoms with E-state index in [1.54, 1.807) is 23.3 Å². The first-order chi connectivity index (χ1) is 9.08. The number of furan rings is 1. The number of carbonyl (C=O) groups excluding carboxylic acids is 1. The van der Waals surface area contributed by atoms with Crippen molar-refractivity contribution in [3.8, 4) is 0 Å². The van der Waals surface area contributed by atoms with Crippen molar-refractivity contribution in [2.45, 2.75) is 6.42 Å². The number of thiocarbonyl (C=S) groups is 1. The van der Waals surface area contributed by atoms with E-state index >= 15 is 0 Å². The number of hydrogen-bond acceptors (Lipinski definition) is 5. The second-order valence-electron chi connectivity index (χ2n) is 4.51. The molecule has 102 valence electrons. The van der Waals surface area contributed by atoms with Gasteiger partial charge in [-0.1, -0.05) is 24.0 Å². The summed E-state index contributed by atoms with van der Waals surface area (Å²) in [5, 5.41) is 0. The lowest BCUT2D eigenvalue weighted by Gasteiger charge is -2.16. The molecule has 2 rings (SSSR count). The third-order valence-electron chi connectivity index (χ3n) is 2.68. The van der Waals surface area contributed by atoms with Gasteiger partial charge in [0, 0.05) is 12.6 Å². The lowest BCUT2D eigenvalue weighted by atomic mass is 10.3. The summed E-state index contributed by atoms with van der Waals surface area (Å²) < 4.78 is 5.84. The maximum Gasteiger partial charge on any atom is 0.266 e. The van der Waals surface area contributed by atoms with Crippen LogP contribution in [0.2, 0.25) is 0 Å². The summed E-state index contributed by atoms with van der Waals surface area (Å²) >= 11 is 6.59. The molecule has 0 bridgehead atoms. The minimum Gasteiger partial charge on any atom is -0.465 e. The maximum absolute atomic E-state index is 12.2. The highest BCUT2D eigenvalue weighted by atomic mass is 32.2. The first kappa shape index (κ1) is 14.3. The smallest absolute Gasteiger partial charge is 0.266 e. The molecule has 6 heteroatoms. The van der Waals surface area contributed by atoms with Crippen molar-refractivity contribution in [1.82, 2.24) is 9.80 Å². The minimum atomic E-state index is -0.0230. The molecule has 0 aliphatic carbocycles. The Morgan fingerprint density at radius 3 is 2.95 bits per heavy atom. The van der Waals surface area contributed by atoms with E-state index in [4.69, 9.17) is 16.6 Å². The van der Waals surface area contributed by atoms with Crippen molar-refractivity contribution in [3.05, 3.63) is 29.1 Å². The van der Waals surface area contributed by atoms with Crippen LogP contribution in [0.25, 0.3) is 6.08 Å². The first-order valence-corrected chi connectivity index (χ1v) is 7.24. The van der Waals surface area contributed by atoms with Crippen molar-refractivity contribution < 1.29 is 9.21 Å². The molecule has 1 aromatic rings. The van der Waals surface area contributed by atoms with E-state index in [1.807, 2.05) is 20.2 Å². The number of rotatable bonds is 5. The van der Waals surface area contributed by atoms with Crippen LogP contribution in [0, 0.1) is 0 Å². The highest BCUT2D eigenvalue weighted by Crippen LogP contribution is 2.32. The van der Waals surface area contributed by atoms with Crippen molar-refractivity contribution in [1.29, 1.82) is 0 Å². The molecule has 1 saturated heterocycles. The Hall–Kier alpha value is -1.11. The highest BCUT2D eigenvalue weighted by molar-refractivity contribution is 8.26. The fourth-order valence-corrected chi connectivity index (χ4v) is 3.03. The van der Waals surface area contributed by atoms with E-state index in [1.165, 1.54) is 11.8 Å². The van der Waals surface area contributed by atoms with Crippen molar-refractivity contribution in [2.75, 3.05) is 27.2 Å². The highest BCUT2D eigenvalue weighted by Gasteiger charge is 2.31. The second-order valence-corrected chi connectivity index (χ2v) is 6.18. The van der Waals surface area contributed by atoms with Crippen LogP contribution in [-0.4, -0.2) is 47.2 Å². The fourth-order valence-electron chi connectivity index (χ4n) is 1.74. The van der Waals surface area contributed by atoms with Crippen molar-refractivity contribution in [3.63, 3.8) is 0 Å². The fraction of sp³-hybridized carbons (Fsp3) is 0.385. The van der Waals surface area contributed by atoms with E-state index in [-0.39, 0.29) is 5.91 Å². The molecule has 1 amide bonds. The van der Waals surface area contributed by atoms with E-state index in [0.29, 0.717) is 21.5 Å².